The van der Waals surface area contributed by atoms with Gasteiger partial charge in [0.1, 0.15) is 5.75 Å². The number of carbonyl (C=O) groups excluding carboxylic acids is 1. The molecule has 0 aliphatic rings. The maximum Gasteiger partial charge on any atom is 0.413 e. The molecule has 0 atom stereocenters. The minimum atomic E-state index is -0.550. The molecule has 0 spiro atoms. The second kappa shape index (κ2) is 6.69. The SMILES string of the molecule is C=C(C)c1cccc(C(C)(C)NC(=O)Oc2ccccc2C)c1. The van der Waals surface area contributed by atoms with Crippen molar-refractivity contribution < 1.29 is 9.53 Å². The van der Waals surface area contributed by atoms with Crippen molar-refractivity contribution in [1.29, 1.82) is 0 Å². The van der Waals surface area contributed by atoms with Crippen LogP contribution in [-0.2, 0) is 5.54 Å². The van der Waals surface area contributed by atoms with Gasteiger partial charge in [-0.25, -0.2) is 4.79 Å². The van der Waals surface area contributed by atoms with E-state index in [-0.39, 0.29) is 0 Å². The Morgan fingerprint density at radius 3 is 2.48 bits per heavy atom. The lowest BCUT2D eigenvalue weighted by molar-refractivity contribution is 0.188. The van der Waals surface area contributed by atoms with Gasteiger partial charge in [0.25, 0.3) is 0 Å². The summed E-state index contributed by atoms with van der Waals surface area (Å²) in [6.07, 6.45) is -0.468. The zero-order valence-electron chi connectivity index (χ0n) is 14.1. The molecule has 2 aromatic carbocycles. The van der Waals surface area contributed by atoms with Crippen LogP contribution in [0.4, 0.5) is 4.79 Å². The first kappa shape index (κ1) is 16.8. The smallest absolute Gasteiger partial charge is 0.410 e. The first-order valence-electron chi connectivity index (χ1n) is 7.61. The molecular weight excluding hydrogens is 286 g/mol. The molecule has 0 heterocycles. The first-order valence-corrected chi connectivity index (χ1v) is 7.61. The number of ether oxygens (including phenoxy) is 1. The third-order valence-electron chi connectivity index (χ3n) is 3.79. The number of hydrogen-bond acceptors (Lipinski definition) is 2. The Bertz CT molecular complexity index is 732. The molecular formula is C20H23NO2. The summed E-state index contributed by atoms with van der Waals surface area (Å²) in [7, 11) is 0. The molecule has 3 nitrogen and oxygen atoms in total. The van der Waals surface area contributed by atoms with E-state index in [2.05, 4.69) is 11.9 Å². The van der Waals surface area contributed by atoms with Gasteiger partial charge in [-0.15, -0.1) is 0 Å². The van der Waals surface area contributed by atoms with E-state index in [0.29, 0.717) is 5.75 Å². The summed E-state index contributed by atoms with van der Waals surface area (Å²) >= 11 is 0. The molecule has 0 aliphatic heterocycles. The number of para-hydroxylation sites is 1. The van der Waals surface area contributed by atoms with Gasteiger partial charge in [-0.2, -0.15) is 0 Å². The normalized spacial score (nSPS) is 11.0. The Morgan fingerprint density at radius 1 is 1.13 bits per heavy atom. The van der Waals surface area contributed by atoms with E-state index in [9.17, 15) is 4.79 Å². The number of benzene rings is 2. The van der Waals surface area contributed by atoms with Crippen LogP contribution in [0.2, 0.25) is 0 Å². The lowest BCUT2D eigenvalue weighted by Gasteiger charge is -2.27. The standard InChI is InChI=1S/C20H23NO2/c1-14(2)16-10-8-11-17(13-16)20(4,5)21-19(22)23-18-12-7-6-9-15(18)3/h6-13H,1H2,2-5H3,(H,21,22). The van der Waals surface area contributed by atoms with Crippen molar-refractivity contribution in [2.45, 2.75) is 33.2 Å². The fourth-order valence-corrected chi connectivity index (χ4v) is 2.30. The summed E-state index contributed by atoms with van der Waals surface area (Å²) < 4.78 is 5.41. The second-order valence-electron chi connectivity index (χ2n) is 6.27. The van der Waals surface area contributed by atoms with Crippen molar-refractivity contribution >= 4 is 11.7 Å². The minimum Gasteiger partial charge on any atom is -0.410 e. The van der Waals surface area contributed by atoms with E-state index < -0.39 is 11.6 Å². The Hall–Kier alpha value is -2.55. The van der Waals surface area contributed by atoms with Crippen LogP contribution in [0.3, 0.4) is 0 Å². The summed E-state index contributed by atoms with van der Waals surface area (Å²) in [4.78, 5) is 12.2. The van der Waals surface area contributed by atoms with Crippen LogP contribution in [0.5, 0.6) is 5.75 Å². The molecule has 120 valence electrons. The minimum absolute atomic E-state index is 0.468. The van der Waals surface area contributed by atoms with Crippen molar-refractivity contribution in [3.63, 3.8) is 0 Å². The van der Waals surface area contributed by atoms with E-state index in [0.717, 1.165) is 22.3 Å². The Kier molecular flexibility index (Phi) is 4.89. The molecule has 23 heavy (non-hydrogen) atoms. The van der Waals surface area contributed by atoms with Crippen LogP contribution in [0.25, 0.3) is 5.57 Å². The zero-order chi connectivity index (χ0) is 17.0. The highest BCUT2D eigenvalue weighted by Crippen LogP contribution is 2.24. The Morgan fingerprint density at radius 2 is 1.83 bits per heavy atom. The fraction of sp³-hybridized carbons (Fsp3) is 0.250. The van der Waals surface area contributed by atoms with Gasteiger partial charge >= 0.3 is 6.09 Å². The van der Waals surface area contributed by atoms with Gasteiger partial charge in [0.05, 0.1) is 5.54 Å². The quantitative estimate of drug-likeness (QED) is 0.858. The maximum absolute atomic E-state index is 12.2. The van der Waals surface area contributed by atoms with Gasteiger partial charge in [-0.1, -0.05) is 48.6 Å². The van der Waals surface area contributed by atoms with Crippen LogP contribution in [0, 0.1) is 6.92 Å². The average molecular weight is 309 g/mol. The maximum atomic E-state index is 12.2. The molecule has 2 aromatic rings. The third-order valence-corrected chi connectivity index (χ3v) is 3.79. The summed E-state index contributed by atoms with van der Waals surface area (Å²) in [6.45, 7) is 11.7. The summed E-state index contributed by atoms with van der Waals surface area (Å²) in [5.41, 5.74) is 3.42. The van der Waals surface area contributed by atoms with E-state index in [1.165, 1.54) is 0 Å². The first-order chi connectivity index (χ1) is 10.8. The van der Waals surface area contributed by atoms with E-state index >= 15 is 0 Å². The number of allylic oxidation sites excluding steroid dienone is 1. The number of amides is 1. The number of rotatable bonds is 4. The molecule has 0 bridgehead atoms. The number of carbonyl (C=O) groups is 1. The highest BCUT2D eigenvalue weighted by atomic mass is 16.6. The van der Waals surface area contributed by atoms with Crippen molar-refractivity contribution in [3.05, 3.63) is 71.8 Å². The predicted molar refractivity (Wildman–Crippen MR) is 94.5 cm³/mol. The largest absolute Gasteiger partial charge is 0.413 e. The lowest BCUT2D eigenvalue weighted by Crippen LogP contribution is -2.42. The van der Waals surface area contributed by atoms with Crippen molar-refractivity contribution in [2.24, 2.45) is 0 Å². The number of nitrogens with one attached hydrogen (secondary N) is 1. The highest BCUT2D eigenvalue weighted by Gasteiger charge is 2.24. The third kappa shape index (κ3) is 4.22. The molecule has 1 amide bonds. The van der Waals surface area contributed by atoms with Crippen molar-refractivity contribution in [1.82, 2.24) is 5.32 Å². The molecule has 1 N–H and O–H groups in total. The highest BCUT2D eigenvalue weighted by molar-refractivity contribution is 5.72. The predicted octanol–water partition coefficient (Wildman–Crippen LogP) is 5.05. The monoisotopic (exact) mass is 309 g/mol. The molecule has 0 unspecified atom stereocenters. The van der Waals surface area contributed by atoms with Gasteiger partial charge in [-0.05, 0) is 56.5 Å². The van der Waals surface area contributed by atoms with Crippen LogP contribution < -0.4 is 10.1 Å². The topological polar surface area (TPSA) is 38.3 Å². The Labute approximate surface area is 138 Å². The molecule has 0 aliphatic carbocycles. The van der Waals surface area contributed by atoms with Gasteiger partial charge in [0.15, 0.2) is 0 Å². The number of hydrogen-bond donors (Lipinski definition) is 1. The van der Waals surface area contributed by atoms with Crippen molar-refractivity contribution in [3.8, 4) is 5.75 Å². The average Bonchev–Trinajstić information content (AvgIpc) is 2.49. The molecule has 0 radical (unpaired) electrons. The van der Waals surface area contributed by atoms with Crippen LogP contribution in [-0.4, -0.2) is 6.09 Å². The number of aryl methyl sites for hydroxylation is 1. The van der Waals surface area contributed by atoms with Crippen LogP contribution in [0.1, 0.15) is 37.5 Å². The summed E-state index contributed by atoms with van der Waals surface area (Å²) in [5.74, 6) is 0.566. The molecule has 0 saturated carbocycles. The summed E-state index contributed by atoms with van der Waals surface area (Å²) in [5, 5.41) is 2.92. The summed E-state index contributed by atoms with van der Waals surface area (Å²) in [6, 6.07) is 15.4. The lowest BCUT2D eigenvalue weighted by atomic mass is 9.92. The van der Waals surface area contributed by atoms with Gasteiger partial charge in [-0.3, -0.25) is 0 Å². The Balaban J connectivity index is 2.14. The molecule has 2 rings (SSSR count). The van der Waals surface area contributed by atoms with Gasteiger partial charge in [0.2, 0.25) is 0 Å². The van der Waals surface area contributed by atoms with E-state index in [1.54, 1.807) is 6.07 Å². The zero-order valence-corrected chi connectivity index (χ0v) is 14.1. The van der Waals surface area contributed by atoms with Crippen LogP contribution in [0.15, 0.2) is 55.1 Å². The van der Waals surface area contributed by atoms with Gasteiger partial charge < -0.3 is 10.1 Å². The van der Waals surface area contributed by atoms with Crippen LogP contribution >= 0.6 is 0 Å². The second-order valence-corrected chi connectivity index (χ2v) is 6.27. The van der Waals surface area contributed by atoms with E-state index in [4.69, 9.17) is 4.74 Å². The van der Waals surface area contributed by atoms with Crippen molar-refractivity contribution in [2.75, 3.05) is 0 Å². The molecule has 0 saturated heterocycles. The van der Waals surface area contributed by atoms with E-state index in [1.807, 2.05) is 70.2 Å². The molecule has 3 heteroatoms. The van der Waals surface area contributed by atoms with Gasteiger partial charge in [0, 0.05) is 0 Å². The fourth-order valence-electron chi connectivity index (χ4n) is 2.30. The molecule has 0 aromatic heterocycles. The molecule has 0 fully saturated rings.